The quantitative estimate of drug-likeness (QED) is 0.916. The maximum Gasteiger partial charge on any atom is 0.131 e. The van der Waals surface area contributed by atoms with E-state index in [1.54, 1.807) is 6.92 Å². The fourth-order valence-corrected chi connectivity index (χ4v) is 2.67. The van der Waals surface area contributed by atoms with Gasteiger partial charge in [0.2, 0.25) is 0 Å². The largest absolute Gasteiger partial charge is 0.493 e. The van der Waals surface area contributed by atoms with Crippen LogP contribution in [0.1, 0.15) is 34.7 Å². The second kappa shape index (κ2) is 5.45. The summed E-state index contributed by atoms with van der Waals surface area (Å²) in [6, 6.07) is 7.43. The Hall–Kier alpha value is -1.94. The van der Waals surface area contributed by atoms with E-state index in [1.807, 2.05) is 18.2 Å². The van der Waals surface area contributed by atoms with Gasteiger partial charge >= 0.3 is 0 Å². The molecule has 0 amide bonds. The SMILES string of the molecule is Cc1cc(C(N)c2ccc3c(c2)CCCO3)c(F)cc1F. The van der Waals surface area contributed by atoms with Gasteiger partial charge in [0, 0.05) is 11.6 Å². The molecule has 2 N–H and O–H groups in total. The second-order valence-electron chi connectivity index (χ2n) is 5.42. The van der Waals surface area contributed by atoms with E-state index in [-0.39, 0.29) is 0 Å². The van der Waals surface area contributed by atoms with Crippen molar-refractivity contribution in [2.24, 2.45) is 5.73 Å². The van der Waals surface area contributed by atoms with Crippen LogP contribution in [0.15, 0.2) is 30.3 Å². The summed E-state index contributed by atoms with van der Waals surface area (Å²) in [5, 5.41) is 0. The van der Waals surface area contributed by atoms with Crippen LogP contribution in [0.5, 0.6) is 5.75 Å². The molecular formula is C17H17F2NO. The van der Waals surface area contributed by atoms with E-state index >= 15 is 0 Å². The van der Waals surface area contributed by atoms with Crippen LogP contribution >= 0.6 is 0 Å². The third kappa shape index (κ3) is 2.63. The first-order chi connectivity index (χ1) is 10.1. The van der Waals surface area contributed by atoms with Crippen molar-refractivity contribution >= 4 is 0 Å². The van der Waals surface area contributed by atoms with Crippen molar-refractivity contribution in [3.05, 3.63) is 64.2 Å². The van der Waals surface area contributed by atoms with Gasteiger partial charge in [0.25, 0.3) is 0 Å². The zero-order chi connectivity index (χ0) is 15.0. The number of rotatable bonds is 2. The topological polar surface area (TPSA) is 35.2 Å². The molecule has 0 aromatic heterocycles. The van der Waals surface area contributed by atoms with Crippen molar-refractivity contribution < 1.29 is 13.5 Å². The van der Waals surface area contributed by atoms with Crippen LogP contribution in [0.2, 0.25) is 0 Å². The van der Waals surface area contributed by atoms with Crippen molar-refractivity contribution in [3.8, 4) is 5.75 Å². The summed E-state index contributed by atoms with van der Waals surface area (Å²) in [4.78, 5) is 0. The molecule has 1 heterocycles. The Labute approximate surface area is 122 Å². The van der Waals surface area contributed by atoms with Gasteiger partial charge in [-0.1, -0.05) is 12.1 Å². The molecule has 1 aliphatic heterocycles. The van der Waals surface area contributed by atoms with Crippen LogP contribution in [0.25, 0.3) is 0 Å². The van der Waals surface area contributed by atoms with E-state index in [0.29, 0.717) is 11.1 Å². The molecule has 2 nitrogen and oxygen atoms in total. The number of nitrogens with two attached hydrogens (primary N) is 1. The van der Waals surface area contributed by atoms with E-state index < -0.39 is 17.7 Å². The summed E-state index contributed by atoms with van der Waals surface area (Å²) >= 11 is 0. The van der Waals surface area contributed by atoms with Crippen molar-refractivity contribution in [3.63, 3.8) is 0 Å². The highest BCUT2D eigenvalue weighted by Gasteiger charge is 2.18. The second-order valence-corrected chi connectivity index (χ2v) is 5.42. The van der Waals surface area contributed by atoms with Gasteiger partial charge in [0.1, 0.15) is 17.4 Å². The third-order valence-corrected chi connectivity index (χ3v) is 3.90. The molecule has 0 saturated heterocycles. The number of fused-ring (bicyclic) bond motifs is 1. The van der Waals surface area contributed by atoms with Crippen LogP contribution in [0.4, 0.5) is 8.78 Å². The van der Waals surface area contributed by atoms with Crippen LogP contribution < -0.4 is 10.5 Å². The van der Waals surface area contributed by atoms with Crippen molar-refractivity contribution in [2.75, 3.05) is 6.61 Å². The highest BCUT2D eigenvalue weighted by Crippen LogP contribution is 2.30. The lowest BCUT2D eigenvalue weighted by Crippen LogP contribution is -2.16. The molecule has 0 aliphatic carbocycles. The number of hydrogen-bond donors (Lipinski definition) is 1. The van der Waals surface area contributed by atoms with Crippen molar-refractivity contribution in [1.29, 1.82) is 0 Å². The van der Waals surface area contributed by atoms with E-state index in [4.69, 9.17) is 10.5 Å². The summed E-state index contributed by atoms with van der Waals surface area (Å²) in [5.74, 6) is -0.296. The molecule has 0 spiro atoms. The first-order valence-electron chi connectivity index (χ1n) is 7.03. The molecule has 110 valence electrons. The average Bonchev–Trinajstić information content (AvgIpc) is 2.50. The number of aryl methyl sites for hydroxylation is 2. The lowest BCUT2D eigenvalue weighted by Gasteiger charge is -2.20. The van der Waals surface area contributed by atoms with Gasteiger partial charge in [0.15, 0.2) is 0 Å². The first kappa shape index (κ1) is 14.0. The number of ether oxygens (including phenoxy) is 1. The smallest absolute Gasteiger partial charge is 0.131 e. The third-order valence-electron chi connectivity index (χ3n) is 3.90. The lowest BCUT2D eigenvalue weighted by molar-refractivity contribution is 0.288. The van der Waals surface area contributed by atoms with Crippen molar-refractivity contribution in [1.82, 2.24) is 0 Å². The Morgan fingerprint density at radius 3 is 2.76 bits per heavy atom. The zero-order valence-electron chi connectivity index (χ0n) is 11.8. The summed E-state index contributed by atoms with van der Waals surface area (Å²) < 4.78 is 32.9. The number of halogens is 2. The predicted molar refractivity (Wildman–Crippen MR) is 77.4 cm³/mol. The predicted octanol–water partition coefficient (Wildman–Crippen LogP) is 3.65. The maximum atomic E-state index is 14.0. The molecule has 2 aromatic rings. The molecule has 4 heteroatoms. The molecule has 1 atom stereocenters. The normalized spacial score (nSPS) is 15.2. The van der Waals surface area contributed by atoms with Crippen LogP contribution in [0.3, 0.4) is 0 Å². The molecule has 0 radical (unpaired) electrons. The van der Waals surface area contributed by atoms with E-state index in [9.17, 15) is 8.78 Å². The fraction of sp³-hybridized carbons (Fsp3) is 0.294. The summed E-state index contributed by atoms with van der Waals surface area (Å²) in [6.45, 7) is 2.33. The van der Waals surface area contributed by atoms with Gasteiger partial charge < -0.3 is 10.5 Å². The summed E-state index contributed by atoms with van der Waals surface area (Å²) in [7, 11) is 0. The van der Waals surface area contributed by atoms with Gasteiger partial charge in [-0.25, -0.2) is 8.78 Å². The van der Waals surface area contributed by atoms with Crippen LogP contribution in [0, 0.1) is 18.6 Å². The van der Waals surface area contributed by atoms with E-state index in [1.165, 1.54) is 6.07 Å². The highest BCUT2D eigenvalue weighted by atomic mass is 19.1. The maximum absolute atomic E-state index is 14.0. The Kier molecular flexibility index (Phi) is 3.64. The molecular weight excluding hydrogens is 272 g/mol. The number of hydrogen-bond acceptors (Lipinski definition) is 2. The lowest BCUT2D eigenvalue weighted by atomic mass is 9.94. The van der Waals surface area contributed by atoms with Gasteiger partial charge in [-0.2, -0.15) is 0 Å². The molecule has 0 bridgehead atoms. The molecule has 1 aliphatic rings. The van der Waals surface area contributed by atoms with Gasteiger partial charge in [0.05, 0.1) is 12.6 Å². The number of benzene rings is 2. The standard InChI is InChI=1S/C17H17F2NO/c1-10-7-13(15(19)9-14(10)18)17(20)12-4-5-16-11(8-12)3-2-6-21-16/h4-5,7-9,17H,2-3,6,20H2,1H3. The average molecular weight is 289 g/mol. The minimum atomic E-state index is -0.614. The Morgan fingerprint density at radius 2 is 1.95 bits per heavy atom. The van der Waals surface area contributed by atoms with E-state index in [2.05, 4.69) is 0 Å². The van der Waals surface area contributed by atoms with Gasteiger partial charge in [-0.15, -0.1) is 0 Å². The summed E-state index contributed by atoms with van der Waals surface area (Å²) in [5.41, 5.74) is 8.77. The highest BCUT2D eigenvalue weighted by molar-refractivity contribution is 5.43. The Balaban J connectivity index is 1.98. The molecule has 1 unspecified atom stereocenters. The minimum absolute atomic E-state index is 0.311. The zero-order valence-corrected chi connectivity index (χ0v) is 11.8. The summed E-state index contributed by atoms with van der Waals surface area (Å²) in [6.07, 6.45) is 1.90. The Bertz CT molecular complexity index is 685. The fourth-order valence-electron chi connectivity index (χ4n) is 2.67. The minimum Gasteiger partial charge on any atom is -0.493 e. The van der Waals surface area contributed by atoms with E-state index in [0.717, 1.165) is 42.4 Å². The van der Waals surface area contributed by atoms with Gasteiger partial charge in [-0.3, -0.25) is 0 Å². The Morgan fingerprint density at radius 1 is 1.14 bits per heavy atom. The van der Waals surface area contributed by atoms with Crippen LogP contribution in [-0.2, 0) is 6.42 Å². The molecule has 21 heavy (non-hydrogen) atoms. The monoisotopic (exact) mass is 289 g/mol. The molecule has 0 fully saturated rings. The first-order valence-corrected chi connectivity index (χ1v) is 7.03. The van der Waals surface area contributed by atoms with Gasteiger partial charge in [-0.05, 0) is 48.6 Å². The molecule has 0 saturated carbocycles. The molecule has 2 aromatic carbocycles. The van der Waals surface area contributed by atoms with Crippen molar-refractivity contribution in [2.45, 2.75) is 25.8 Å². The molecule has 3 rings (SSSR count). The van der Waals surface area contributed by atoms with Crippen LogP contribution in [-0.4, -0.2) is 6.61 Å².